The molecule has 0 aliphatic carbocycles. The molecule has 0 atom stereocenters. The lowest BCUT2D eigenvalue weighted by Gasteiger charge is -2.17. The average molecular weight is 529 g/mol. The van der Waals surface area contributed by atoms with E-state index < -0.39 is 0 Å². The normalized spacial score (nSPS) is 15.5. The molecule has 0 radical (unpaired) electrons. The third-order valence-corrected chi connectivity index (χ3v) is 7.81. The molecule has 190 valence electrons. The molecule has 0 fully saturated rings. The summed E-state index contributed by atoms with van der Waals surface area (Å²) in [6, 6.07) is 28.1. The highest BCUT2D eigenvalue weighted by Gasteiger charge is 2.29. The van der Waals surface area contributed by atoms with Crippen LogP contribution in [0.2, 0.25) is 0 Å². The maximum absolute atomic E-state index is 5.19. The van der Waals surface area contributed by atoms with Gasteiger partial charge in [-0.25, -0.2) is 44.8 Å². The number of aliphatic imine (C=N–C) groups is 4. The van der Waals surface area contributed by atoms with Gasteiger partial charge in [0.15, 0.2) is 46.0 Å². The fourth-order valence-electron chi connectivity index (χ4n) is 5.97. The molecule has 0 spiro atoms. The first-order chi connectivity index (χ1) is 20.3. The van der Waals surface area contributed by atoms with Crippen LogP contribution in [-0.2, 0) is 0 Å². The van der Waals surface area contributed by atoms with E-state index in [-0.39, 0.29) is 0 Å². The lowest BCUT2D eigenvalue weighted by Crippen LogP contribution is -2.41. The minimum atomic E-state index is 0.467. The molecule has 4 aliphatic rings. The van der Waals surface area contributed by atoms with E-state index in [1.165, 1.54) is 0 Å². The Bertz CT molecular complexity index is 2450. The van der Waals surface area contributed by atoms with E-state index in [4.69, 9.17) is 30.0 Å². The summed E-state index contributed by atoms with van der Waals surface area (Å²) >= 11 is 0. The number of nitrogens with one attached hydrogen (secondary N) is 1. The predicted octanol–water partition coefficient (Wildman–Crippen LogP) is 3.94. The third kappa shape index (κ3) is 2.67. The SMILES string of the molecule is c1ccc2c(c1)C1=NC2=NC2=NC(=Nc3c4ccccc4c4n3Nn3c(c5ccccc5c3=N4)=N1)c1cccnc12. The summed E-state index contributed by atoms with van der Waals surface area (Å²) < 4.78 is 3.81. The van der Waals surface area contributed by atoms with Crippen molar-refractivity contribution in [2.24, 2.45) is 30.0 Å². The van der Waals surface area contributed by atoms with E-state index in [0.717, 1.165) is 49.5 Å². The Hall–Kier alpha value is -6.03. The molecule has 10 nitrogen and oxygen atoms in total. The Balaban J connectivity index is 1.41. The summed E-state index contributed by atoms with van der Waals surface area (Å²) in [6.45, 7) is 0. The molecular formula is C31H16N10. The number of hydrogen-bond donors (Lipinski definition) is 1. The number of amidine groups is 4. The average Bonchev–Trinajstić information content (AvgIpc) is 3.73. The molecule has 0 unspecified atom stereocenters. The van der Waals surface area contributed by atoms with Crippen LogP contribution in [-0.4, -0.2) is 37.7 Å². The summed E-state index contributed by atoms with van der Waals surface area (Å²) in [7, 11) is 0. The molecule has 6 aromatic rings. The first-order valence-electron chi connectivity index (χ1n) is 13.2. The molecule has 0 saturated heterocycles. The highest BCUT2D eigenvalue weighted by molar-refractivity contribution is 6.29. The fraction of sp³-hybridized carbons (Fsp3) is 0. The summed E-state index contributed by atoms with van der Waals surface area (Å²) in [4.78, 5) is 34.8. The van der Waals surface area contributed by atoms with Gasteiger partial charge in [-0.2, -0.15) is 0 Å². The number of benzene rings is 3. The van der Waals surface area contributed by atoms with Gasteiger partial charge in [-0.15, -0.1) is 0 Å². The second kappa shape index (κ2) is 7.33. The first-order valence-corrected chi connectivity index (χ1v) is 13.2. The van der Waals surface area contributed by atoms with E-state index in [1.54, 1.807) is 6.20 Å². The Morgan fingerprint density at radius 2 is 0.976 bits per heavy atom. The van der Waals surface area contributed by atoms with Crippen molar-refractivity contribution >= 4 is 56.5 Å². The van der Waals surface area contributed by atoms with Crippen molar-refractivity contribution in [1.82, 2.24) is 14.3 Å². The summed E-state index contributed by atoms with van der Waals surface area (Å²) in [5, 5.41) is 3.87. The van der Waals surface area contributed by atoms with E-state index >= 15 is 0 Å². The van der Waals surface area contributed by atoms with Gasteiger partial charge < -0.3 is 0 Å². The topological polar surface area (TPSA) is 109 Å². The van der Waals surface area contributed by atoms with Crippen molar-refractivity contribution in [3.63, 3.8) is 0 Å². The van der Waals surface area contributed by atoms with Gasteiger partial charge in [-0.1, -0.05) is 72.8 Å². The van der Waals surface area contributed by atoms with Crippen molar-refractivity contribution in [2.45, 2.75) is 0 Å². The number of hydrogen-bond acceptors (Lipinski definition) is 8. The number of nitrogens with zero attached hydrogens (tertiary/aromatic N) is 9. The van der Waals surface area contributed by atoms with Crippen molar-refractivity contribution < 1.29 is 0 Å². The van der Waals surface area contributed by atoms with Crippen LogP contribution in [0.25, 0.3) is 21.5 Å². The van der Waals surface area contributed by atoms with Gasteiger partial charge in [0.1, 0.15) is 5.69 Å². The fourth-order valence-corrected chi connectivity index (χ4v) is 5.97. The van der Waals surface area contributed by atoms with Crippen LogP contribution in [0, 0.1) is 0 Å². The molecule has 10 rings (SSSR count). The second-order valence-electron chi connectivity index (χ2n) is 10.1. The van der Waals surface area contributed by atoms with Crippen molar-refractivity contribution in [2.75, 3.05) is 5.53 Å². The predicted molar refractivity (Wildman–Crippen MR) is 157 cm³/mol. The quantitative estimate of drug-likeness (QED) is 0.322. The molecule has 0 amide bonds. The molecule has 10 heteroatoms. The van der Waals surface area contributed by atoms with E-state index in [1.807, 2.05) is 70.0 Å². The molecule has 41 heavy (non-hydrogen) atoms. The molecule has 1 N–H and O–H groups in total. The molecule has 7 heterocycles. The second-order valence-corrected chi connectivity index (χ2v) is 10.1. The lowest BCUT2D eigenvalue weighted by atomic mass is 10.1. The van der Waals surface area contributed by atoms with Gasteiger partial charge in [0.25, 0.3) is 0 Å². The minimum Gasteiger partial charge on any atom is -0.252 e. The van der Waals surface area contributed by atoms with Crippen LogP contribution >= 0.6 is 0 Å². The maximum Gasteiger partial charge on any atom is 0.183 e. The largest absolute Gasteiger partial charge is 0.252 e. The smallest absolute Gasteiger partial charge is 0.183 e. The number of aromatic nitrogens is 3. The maximum atomic E-state index is 5.19. The number of rotatable bonds is 0. The minimum absolute atomic E-state index is 0.467. The summed E-state index contributed by atoms with van der Waals surface area (Å²) in [5.74, 6) is 3.54. The molecule has 3 aromatic heterocycles. The summed E-state index contributed by atoms with van der Waals surface area (Å²) in [6.07, 6.45) is 1.74. The zero-order valence-corrected chi connectivity index (χ0v) is 21.2. The molecule has 6 bridgehead atoms. The first kappa shape index (κ1) is 20.9. The van der Waals surface area contributed by atoms with Gasteiger partial charge >= 0.3 is 0 Å². The molecule has 0 saturated carbocycles. The number of fused-ring (bicyclic) bond motifs is 14. The van der Waals surface area contributed by atoms with Gasteiger partial charge in [0, 0.05) is 44.4 Å². The molecule has 4 aliphatic heterocycles. The van der Waals surface area contributed by atoms with Crippen LogP contribution in [0.1, 0.15) is 22.4 Å². The highest BCUT2D eigenvalue weighted by Crippen LogP contribution is 2.38. The molecule has 3 aromatic carbocycles. The van der Waals surface area contributed by atoms with Crippen LogP contribution in [0.15, 0.2) is 121 Å². The van der Waals surface area contributed by atoms with Gasteiger partial charge in [-0.05, 0) is 12.1 Å². The van der Waals surface area contributed by atoms with Crippen LogP contribution in [0.5, 0.6) is 0 Å². The van der Waals surface area contributed by atoms with Crippen LogP contribution in [0.3, 0.4) is 0 Å². The van der Waals surface area contributed by atoms with Gasteiger partial charge in [-0.3, -0.25) is 4.98 Å². The zero-order valence-electron chi connectivity index (χ0n) is 21.2. The summed E-state index contributed by atoms with van der Waals surface area (Å²) in [5.41, 5.74) is 8.28. The number of pyridine rings is 1. The van der Waals surface area contributed by atoms with Crippen molar-refractivity contribution in [3.05, 3.63) is 124 Å². The van der Waals surface area contributed by atoms with Crippen LogP contribution in [0.4, 0.5) is 11.6 Å². The van der Waals surface area contributed by atoms with Gasteiger partial charge in [0.05, 0.1) is 0 Å². The Kier molecular flexibility index (Phi) is 3.73. The van der Waals surface area contributed by atoms with Crippen molar-refractivity contribution in [3.8, 4) is 0 Å². The molecular weight excluding hydrogens is 512 g/mol. The standard InChI is InChI=1S/C31H16N10/c1-2-9-17-16(8-1)24-33-25(17)36-28-18-10-3-5-12-20(18)30-38-31-21-13-6-4-11-19(21)29(41(31)39-40(28)30)37-26-22-14-7-15-32-23(22)27(34-24)35-26/h1-15,39H. The lowest BCUT2D eigenvalue weighted by molar-refractivity contribution is 0.682. The van der Waals surface area contributed by atoms with E-state index in [2.05, 4.69) is 34.8 Å². The Morgan fingerprint density at radius 1 is 0.439 bits per heavy atom. The Morgan fingerprint density at radius 3 is 1.73 bits per heavy atom. The monoisotopic (exact) mass is 528 g/mol. The highest BCUT2D eigenvalue weighted by atomic mass is 15.7. The van der Waals surface area contributed by atoms with E-state index in [9.17, 15) is 0 Å². The zero-order chi connectivity index (χ0) is 26.7. The van der Waals surface area contributed by atoms with Gasteiger partial charge in [0.2, 0.25) is 0 Å². The van der Waals surface area contributed by atoms with E-state index in [0.29, 0.717) is 40.3 Å². The van der Waals surface area contributed by atoms with Crippen LogP contribution < -0.4 is 16.5 Å². The van der Waals surface area contributed by atoms with Crippen molar-refractivity contribution in [1.29, 1.82) is 0 Å². The Labute approximate surface area is 230 Å². The third-order valence-electron chi connectivity index (χ3n) is 7.81.